The van der Waals surface area contributed by atoms with Gasteiger partial charge in [-0.3, -0.25) is 14.4 Å². The van der Waals surface area contributed by atoms with E-state index in [-0.39, 0.29) is 12.2 Å². The van der Waals surface area contributed by atoms with Crippen LogP contribution in [-0.2, 0) is 19.1 Å². The van der Waals surface area contributed by atoms with Crippen LogP contribution in [0.1, 0.15) is 20.3 Å². The number of rotatable bonds is 7. The topological polar surface area (TPSA) is 157 Å². The van der Waals surface area contributed by atoms with Crippen molar-refractivity contribution in [2.75, 3.05) is 13.7 Å². The average Bonchev–Trinajstić information content (AvgIpc) is 2.51. The van der Waals surface area contributed by atoms with Crippen molar-refractivity contribution in [2.24, 2.45) is 0 Å². The van der Waals surface area contributed by atoms with Crippen molar-refractivity contribution in [1.29, 1.82) is 0 Å². The number of carbonyl (C=O) groups excluding carboxylic acids is 3. The summed E-state index contributed by atoms with van der Waals surface area (Å²) in [5, 5.41) is 36.8. The number of hydrogen-bond acceptors (Lipinski definition) is 8. The molecule has 6 atom stereocenters. The Hall–Kier alpha value is -1.59. The maximum absolute atomic E-state index is 12.1. The van der Waals surface area contributed by atoms with Crippen LogP contribution in [0.25, 0.3) is 0 Å². The molecule has 138 valence electrons. The molecule has 1 fully saturated rings. The summed E-state index contributed by atoms with van der Waals surface area (Å²) in [5.74, 6) is -1.27. The molecule has 2 amide bonds. The number of nitrogens with one attached hydrogen (secondary N) is 3. The van der Waals surface area contributed by atoms with Gasteiger partial charge in [-0.05, 0) is 14.0 Å². The van der Waals surface area contributed by atoms with Crippen molar-refractivity contribution in [3.63, 3.8) is 0 Å². The Labute approximate surface area is 139 Å². The summed E-state index contributed by atoms with van der Waals surface area (Å²) in [6.07, 6.45) is -5.33. The minimum absolute atomic E-state index is 0.166. The molecule has 1 aliphatic rings. The van der Waals surface area contributed by atoms with Crippen LogP contribution in [0.5, 0.6) is 0 Å². The minimum atomic E-state index is -1.45. The van der Waals surface area contributed by atoms with Gasteiger partial charge in [-0.1, -0.05) is 0 Å². The first-order valence-corrected chi connectivity index (χ1v) is 7.57. The summed E-state index contributed by atoms with van der Waals surface area (Å²) in [7, 11) is 1.54. The monoisotopic (exact) mass is 347 g/mol. The number of ether oxygens (including phenoxy) is 1. The SMILES string of the molecule is CNC(CC(=O)NC1OC(CO)C(O)C(O)C1NC(C)=O)C(C)=O. The van der Waals surface area contributed by atoms with Crippen LogP contribution in [0.2, 0.25) is 0 Å². The molecule has 0 aliphatic carbocycles. The fourth-order valence-corrected chi connectivity index (χ4v) is 2.49. The molecule has 1 aliphatic heterocycles. The number of Topliss-reactive ketones (excluding diaryl/α,β-unsaturated/α-hetero) is 1. The molecule has 1 heterocycles. The number of aliphatic hydroxyl groups is 3. The highest BCUT2D eigenvalue weighted by molar-refractivity contribution is 5.88. The first kappa shape index (κ1) is 20.5. The van der Waals surface area contributed by atoms with Crippen molar-refractivity contribution in [1.82, 2.24) is 16.0 Å². The number of hydrogen-bond donors (Lipinski definition) is 6. The van der Waals surface area contributed by atoms with E-state index >= 15 is 0 Å². The van der Waals surface area contributed by atoms with Crippen LogP contribution < -0.4 is 16.0 Å². The summed E-state index contributed by atoms with van der Waals surface area (Å²) in [4.78, 5) is 34.7. The molecule has 10 heteroatoms. The Balaban J connectivity index is 2.84. The molecule has 6 N–H and O–H groups in total. The van der Waals surface area contributed by atoms with E-state index in [0.717, 1.165) is 0 Å². The van der Waals surface area contributed by atoms with E-state index in [2.05, 4.69) is 16.0 Å². The fraction of sp³-hybridized carbons (Fsp3) is 0.786. The molecule has 0 radical (unpaired) electrons. The zero-order chi connectivity index (χ0) is 18.4. The average molecular weight is 347 g/mol. The second-order valence-electron chi connectivity index (χ2n) is 5.71. The maximum Gasteiger partial charge on any atom is 0.224 e. The van der Waals surface area contributed by atoms with E-state index in [1.165, 1.54) is 13.8 Å². The number of aliphatic hydroxyl groups excluding tert-OH is 3. The van der Waals surface area contributed by atoms with Gasteiger partial charge in [0.05, 0.1) is 12.6 Å². The molecule has 1 rings (SSSR count). The molecule has 0 spiro atoms. The van der Waals surface area contributed by atoms with Crippen LogP contribution in [0.15, 0.2) is 0 Å². The van der Waals surface area contributed by atoms with Gasteiger partial charge in [0.1, 0.15) is 30.1 Å². The van der Waals surface area contributed by atoms with Crippen LogP contribution in [0, 0.1) is 0 Å². The molecule has 6 unspecified atom stereocenters. The Bertz CT molecular complexity index is 473. The first-order chi connectivity index (χ1) is 11.2. The lowest BCUT2D eigenvalue weighted by Crippen LogP contribution is -2.68. The van der Waals surface area contributed by atoms with Gasteiger partial charge in [0, 0.05) is 13.3 Å². The van der Waals surface area contributed by atoms with Gasteiger partial charge in [0.15, 0.2) is 6.23 Å². The zero-order valence-corrected chi connectivity index (χ0v) is 13.9. The minimum Gasteiger partial charge on any atom is -0.394 e. The maximum atomic E-state index is 12.1. The number of ketones is 1. The third kappa shape index (κ3) is 5.21. The van der Waals surface area contributed by atoms with Crippen molar-refractivity contribution >= 4 is 17.6 Å². The lowest BCUT2D eigenvalue weighted by Gasteiger charge is -2.42. The van der Waals surface area contributed by atoms with Crippen LogP contribution in [-0.4, -0.2) is 83.2 Å². The quantitative estimate of drug-likeness (QED) is 0.278. The smallest absolute Gasteiger partial charge is 0.224 e. The van der Waals surface area contributed by atoms with Gasteiger partial charge >= 0.3 is 0 Å². The fourth-order valence-electron chi connectivity index (χ4n) is 2.49. The molecular weight excluding hydrogens is 322 g/mol. The van der Waals surface area contributed by atoms with Crippen molar-refractivity contribution < 1.29 is 34.4 Å². The standard InChI is InChI=1S/C14H25N3O7/c1-6(19)8(15-3)4-10(21)17-14-11(16-7(2)20)13(23)12(22)9(5-18)24-14/h8-9,11-15,18,22-23H,4-5H2,1-3H3,(H,16,20)(H,17,21). The highest BCUT2D eigenvalue weighted by Crippen LogP contribution is 2.20. The predicted molar refractivity (Wildman–Crippen MR) is 81.7 cm³/mol. The van der Waals surface area contributed by atoms with Crippen LogP contribution in [0.4, 0.5) is 0 Å². The summed E-state index contributed by atoms with van der Waals surface area (Å²) in [6.45, 7) is 1.97. The number of amides is 2. The van der Waals surface area contributed by atoms with E-state index < -0.39 is 55.0 Å². The molecule has 24 heavy (non-hydrogen) atoms. The van der Waals surface area contributed by atoms with Gasteiger partial charge in [0.25, 0.3) is 0 Å². The molecule has 0 saturated carbocycles. The molecule has 0 aromatic carbocycles. The van der Waals surface area contributed by atoms with Crippen molar-refractivity contribution in [3.8, 4) is 0 Å². The molecule has 0 aromatic heterocycles. The molecule has 0 aromatic rings. The zero-order valence-electron chi connectivity index (χ0n) is 13.9. The van der Waals surface area contributed by atoms with E-state index in [0.29, 0.717) is 0 Å². The van der Waals surface area contributed by atoms with Gasteiger partial charge in [-0.2, -0.15) is 0 Å². The first-order valence-electron chi connectivity index (χ1n) is 7.57. The van der Waals surface area contributed by atoms with E-state index in [9.17, 15) is 29.7 Å². The van der Waals surface area contributed by atoms with Crippen molar-refractivity contribution in [3.05, 3.63) is 0 Å². The Morgan fingerprint density at radius 1 is 1.12 bits per heavy atom. The molecular formula is C14H25N3O7. The lowest BCUT2D eigenvalue weighted by molar-refractivity contribution is -0.203. The summed E-state index contributed by atoms with van der Waals surface area (Å²) in [6, 6.07) is -1.79. The summed E-state index contributed by atoms with van der Waals surface area (Å²) in [5.41, 5.74) is 0. The van der Waals surface area contributed by atoms with Crippen LogP contribution in [0.3, 0.4) is 0 Å². The molecule has 10 nitrogen and oxygen atoms in total. The Kier molecular flexibility index (Phi) is 7.70. The van der Waals surface area contributed by atoms with Gasteiger partial charge in [0.2, 0.25) is 11.8 Å². The highest BCUT2D eigenvalue weighted by Gasteiger charge is 2.45. The second-order valence-corrected chi connectivity index (χ2v) is 5.71. The third-order valence-corrected chi connectivity index (χ3v) is 3.83. The van der Waals surface area contributed by atoms with Gasteiger partial charge in [-0.15, -0.1) is 0 Å². The second kappa shape index (κ2) is 9.04. The Morgan fingerprint density at radius 3 is 2.21 bits per heavy atom. The molecule has 1 saturated heterocycles. The number of carbonyl (C=O) groups is 3. The predicted octanol–water partition coefficient (Wildman–Crippen LogP) is -3.39. The van der Waals surface area contributed by atoms with Gasteiger partial charge in [-0.25, -0.2) is 0 Å². The largest absolute Gasteiger partial charge is 0.394 e. The summed E-state index contributed by atoms with van der Waals surface area (Å²) >= 11 is 0. The van der Waals surface area contributed by atoms with Gasteiger partial charge < -0.3 is 36.0 Å². The number of likely N-dealkylation sites (N-methyl/N-ethyl adjacent to an activating group) is 1. The van der Waals surface area contributed by atoms with Crippen LogP contribution >= 0.6 is 0 Å². The highest BCUT2D eigenvalue weighted by atomic mass is 16.5. The Morgan fingerprint density at radius 2 is 1.75 bits per heavy atom. The normalized spacial score (nSPS) is 31.2. The van der Waals surface area contributed by atoms with E-state index in [4.69, 9.17) is 4.74 Å². The lowest BCUT2D eigenvalue weighted by atomic mass is 9.95. The summed E-state index contributed by atoms with van der Waals surface area (Å²) < 4.78 is 5.37. The van der Waals surface area contributed by atoms with E-state index in [1.807, 2.05) is 0 Å². The van der Waals surface area contributed by atoms with Crippen molar-refractivity contribution in [2.45, 2.75) is 56.9 Å². The third-order valence-electron chi connectivity index (χ3n) is 3.83. The molecule has 0 bridgehead atoms. The van der Waals surface area contributed by atoms with E-state index in [1.54, 1.807) is 7.05 Å².